The second-order valence-electron chi connectivity index (χ2n) is 10.1. The smallest absolute Gasteiger partial charge is 0.234 e. The van der Waals surface area contributed by atoms with E-state index in [1.165, 1.54) is 17.7 Å². The maximum Gasteiger partial charge on any atom is 0.234 e. The van der Waals surface area contributed by atoms with Crippen LogP contribution in [0.1, 0.15) is 37.7 Å². The number of piperidine rings is 1. The van der Waals surface area contributed by atoms with Gasteiger partial charge in [-0.2, -0.15) is 0 Å². The molecular formula is C28H36FN3O5S. The lowest BCUT2D eigenvalue weighted by Gasteiger charge is -2.40. The Kier molecular flexibility index (Phi) is 9.38. The quantitative estimate of drug-likeness (QED) is 0.541. The highest BCUT2D eigenvalue weighted by atomic mass is 32.2. The molecule has 1 fully saturated rings. The van der Waals surface area contributed by atoms with E-state index in [1.807, 2.05) is 23.1 Å². The number of ether oxygens (including phenoxy) is 1. The molecule has 1 saturated heterocycles. The third kappa shape index (κ3) is 7.32. The third-order valence-electron chi connectivity index (χ3n) is 7.50. The Balaban J connectivity index is 1.25. The van der Waals surface area contributed by atoms with Crippen LogP contribution in [0.25, 0.3) is 0 Å². The summed E-state index contributed by atoms with van der Waals surface area (Å²) in [6, 6.07) is 12.7. The van der Waals surface area contributed by atoms with Crippen LogP contribution in [0, 0.1) is 11.2 Å². The van der Waals surface area contributed by atoms with E-state index in [0.29, 0.717) is 39.1 Å². The Morgan fingerprint density at radius 2 is 1.79 bits per heavy atom. The number of rotatable bonds is 6. The molecule has 8 nitrogen and oxygen atoms in total. The number of hydrogen-bond acceptors (Lipinski definition) is 6. The number of carbonyl (C=O) groups excluding carboxylic acids is 2. The summed E-state index contributed by atoms with van der Waals surface area (Å²) in [6.45, 7) is 2.23. The van der Waals surface area contributed by atoms with Gasteiger partial charge in [0.25, 0.3) is 0 Å². The van der Waals surface area contributed by atoms with E-state index >= 15 is 0 Å². The van der Waals surface area contributed by atoms with Crippen LogP contribution in [0.2, 0.25) is 0 Å². The Morgan fingerprint density at radius 1 is 1.05 bits per heavy atom. The van der Waals surface area contributed by atoms with E-state index in [-0.39, 0.29) is 35.6 Å². The SMILES string of the molecule is O=C(CN1CCC2(CCCCc3ccccc3OCCNC2=O)CC1)NCCS(=O)(=O)c1ccc(F)cc1. The molecule has 0 bridgehead atoms. The van der Waals surface area contributed by atoms with Crippen molar-refractivity contribution in [2.75, 3.05) is 45.1 Å². The van der Waals surface area contributed by atoms with Gasteiger partial charge in [-0.15, -0.1) is 0 Å². The van der Waals surface area contributed by atoms with Crippen molar-refractivity contribution < 1.29 is 27.1 Å². The van der Waals surface area contributed by atoms with Crippen LogP contribution in [-0.2, 0) is 25.8 Å². The summed E-state index contributed by atoms with van der Waals surface area (Å²) in [5.74, 6) is -0.0767. The molecule has 2 aliphatic heterocycles. The topological polar surface area (TPSA) is 105 Å². The van der Waals surface area contributed by atoms with Crippen LogP contribution < -0.4 is 15.4 Å². The lowest BCUT2D eigenvalue weighted by atomic mass is 9.73. The molecule has 0 radical (unpaired) electrons. The minimum atomic E-state index is -3.61. The van der Waals surface area contributed by atoms with Gasteiger partial charge in [-0.3, -0.25) is 14.5 Å². The first kappa shape index (κ1) is 28.0. The van der Waals surface area contributed by atoms with Crippen molar-refractivity contribution in [2.45, 2.75) is 43.4 Å². The monoisotopic (exact) mass is 545 g/mol. The number of aryl methyl sites for hydroxylation is 1. The summed E-state index contributed by atoms with van der Waals surface area (Å²) in [4.78, 5) is 27.7. The van der Waals surface area contributed by atoms with Gasteiger partial charge in [0, 0.05) is 6.54 Å². The summed E-state index contributed by atoms with van der Waals surface area (Å²) in [5.41, 5.74) is 0.745. The highest BCUT2D eigenvalue weighted by molar-refractivity contribution is 7.91. The number of sulfone groups is 1. The number of carbonyl (C=O) groups is 2. The van der Waals surface area contributed by atoms with E-state index in [4.69, 9.17) is 4.74 Å². The molecule has 1 spiro atoms. The molecule has 10 heteroatoms. The number of amides is 2. The van der Waals surface area contributed by atoms with Gasteiger partial charge in [0.15, 0.2) is 9.84 Å². The zero-order chi connectivity index (χ0) is 27.0. The van der Waals surface area contributed by atoms with Gasteiger partial charge in [-0.05, 0) is 81.1 Å². The number of likely N-dealkylation sites (tertiary alicyclic amines) is 1. The highest BCUT2D eigenvalue weighted by Crippen LogP contribution is 2.37. The van der Waals surface area contributed by atoms with Gasteiger partial charge >= 0.3 is 0 Å². The normalized spacial score (nSPS) is 18.8. The molecule has 0 aliphatic carbocycles. The molecule has 0 aromatic heterocycles. The summed E-state index contributed by atoms with van der Waals surface area (Å²) >= 11 is 0. The van der Waals surface area contributed by atoms with Crippen LogP contribution in [-0.4, -0.2) is 70.2 Å². The van der Waals surface area contributed by atoms with E-state index < -0.39 is 21.1 Å². The number of fused-ring (bicyclic) bond motifs is 1. The number of nitrogens with zero attached hydrogens (tertiary/aromatic N) is 1. The second kappa shape index (κ2) is 12.7. The predicted octanol–water partition coefficient (Wildman–Crippen LogP) is 2.72. The van der Waals surface area contributed by atoms with Gasteiger partial charge < -0.3 is 15.4 Å². The molecule has 2 amide bonds. The molecule has 2 aromatic rings. The molecule has 2 N–H and O–H groups in total. The van der Waals surface area contributed by atoms with Gasteiger partial charge in [0.05, 0.1) is 29.2 Å². The first-order valence-corrected chi connectivity index (χ1v) is 14.9. The van der Waals surface area contributed by atoms with Gasteiger partial charge in [-0.25, -0.2) is 12.8 Å². The maximum atomic E-state index is 13.2. The zero-order valence-corrected chi connectivity index (χ0v) is 22.4. The van der Waals surface area contributed by atoms with Crippen molar-refractivity contribution in [3.8, 4) is 5.75 Å². The maximum absolute atomic E-state index is 13.2. The number of halogens is 1. The number of hydrogen-bond donors (Lipinski definition) is 2. The van der Waals surface area contributed by atoms with Gasteiger partial charge in [0.1, 0.15) is 18.2 Å². The standard InChI is InChI=1S/C28H36FN3O5S/c29-23-8-10-24(11-9-23)38(35,36)20-16-30-26(33)21-32-17-13-28(14-18-32)12-4-3-6-22-5-1-2-7-25(22)37-19-15-31-27(28)34/h1-2,5,7-11H,3-4,6,12-21H2,(H,30,33)(H,31,34). The number of nitrogens with one attached hydrogen (secondary N) is 2. The number of para-hydroxylation sites is 1. The number of benzene rings is 2. The van der Waals surface area contributed by atoms with Crippen LogP contribution >= 0.6 is 0 Å². The highest BCUT2D eigenvalue weighted by Gasteiger charge is 2.41. The Labute approximate surface area is 223 Å². The summed E-state index contributed by atoms with van der Waals surface area (Å²) in [5, 5.41) is 5.74. The Hall–Kier alpha value is -2.98. The molecule has 0 unspecified atom stereocenters. The molecular weight excluding hydrogens is 509 g/mol. The summed E-state index contributed by atoms with van der Waals surface area (Å²) in [7, 11) is -3.61. The molecule has 2 aromatic carbocycles. The molecule has 2 aliphatic rings. The van der Waals surface area contributed by atoms with E-state index in [1.54, 1.807) is 0 Å². The molecule has 0 atom stereocenters. The van der Waals surface area contributed by atoms with Crippen molar-refractivity contribution in [3.63, 3.8) is 0 Å². The van der Waals surface area contributed by atoms with Crippen LogP contribution in [0.3, 0.4) is 0 Å². The Morgan fingerprint density at radius 3 is 2.55 bits per heavy atom. The van der Waals surface area contributed by atoms with E-state index in [9.17, 15) is 22.4 Å². The average molecular weight is 546 g/mol. The fourth-order valence-electron chi connectivity index (χ4n) is 5.22. The van der Waals surface area contributed by atoms with Crippen molar-refractivity contribution in [2.24, 2.45) is 5.41 Å². The Bertz CT molecular complexity index is 1210. The van der Waals surface area contributed by atoms with Crippen LogP contribution in [0.4, 0.5) is 4.39 Å². The molecule has 206 valence electrons. The molecule has 0 saturated carbocycles. The summed E-state index contributed by atoms with van der Waals surface area (Å²) in [6.07, 6.45) is 4.97. The molecule has 4 rings (SSSR count). The minimum absolute atomic E-state index is 0.0239. The van der Waals surface area contributed by atoms with E-state index in [0.717, 1.165) is 43.6 Å². The second-order valence-corrected chi connectivity index (χ2v) is 12.2. The zero-order valence-electron chi connectivity index (χ0n) is 21.6. The van der Waals surface area contributed by atoms with Crippen molar-refractivity contribution >= 4 is 21.7 Å². The van der Waals surface area contributed by atoms with Crippen molar-refractivity contribution in [1.29, 1.82) is 0 Å². The van der Waals surface area contributed by atoms with E-state index in [2.05, 4.69) is 16.7 Å². The largest absolute Gasteiger partial charge is 0.491 e. The first-order chi connectivity index (χ1) is 18.3. The van der Waals surface area contributed by atoms with Crippen LogP contribution in [0.5, 0.6) is 5.75 Å². The fourth-order valence-corrected chi connectivity index (χ4v) is 6.37. The molecule has 38 heavy (non-hydrogen) atoms. The predicted molar refractivity (Wildman–Crippen MR) is 142 cm³/mol. The van der Waals surface area contributed by atoms with Crippen LogP contribution in [0.15, 0.2) is 53.4 Å². The fraction of sp³-hybridized carbons (Fsp3) is 0.500. The van der Waals surface area contributed by atoms with Gasteiger partial charge in [-0.1, -0.05) is 24.6 Å². The lowest BCUT2D eigenvalue weighted by Crippen LogP contribution is -2.51. The first-order valence-electron chi connectivity index (χ1n) is 13.2. The van der Waals surface area contributed by atoms with Crippen molar-refractivity contribution in [1.82, 2.24) is 15.5 Å². The minimum Gasteiger partial charge on any atom is -0.491 e. The lowest BCUT2D eigenvalue weighted by molar-refractivity contribution is -0.135. The van der Waals surface area contributed by atoms with Gasteiger partial charge in [0.2, 0.25) is 11.8 Å². The van der Waals surface area contributed by atoms with Crippen molar-refractivity contribution in [3.05, 3.63) is 59.9 Å². The molecule has 2 heterocycles. The third-order valence-corrected chi connectivity index (χ3v) is 9.23. The average Bonchev–Trinajstić information content (AvgIpc) is 2.90. The summed E-state index contributed by atoms with van der Waals surface area (Å²) < 4.78 is 43.7.